The minimum absolute atomic E-state index is 0.00490. The molecular formula is C67H90N4O21. The largest absolute Gasteiger partial charge is 0.508 e. The van der Waals surface area contributed by atoms with Gasteiger partial charge in [0.05, 0.1) is 98.8 Å². The van der Waals surface area contributed by atoms with E-state index in [0.717, 1.165) is 5.56 Å². The molecular weight excluding hydrogens is 1200 g/mol. The normalized spacial score (nSPS) is 12.1. The Morgan fingerprint density at radius 1 is 0.370 bits per heavy atom. The van der Waals surface area contributed by atoms with Crippen molar-refractivity contribution in [1.82, 2.24) is 21.3 Å². The number of hydrogen-bond donors (Lipinski definition) is 10. The molecule has 0 fully saturated rings. The van der Waals surface area contributed by atoms with Gasteiger partial charge < -0.3 is 80.3 Å². The van der Waals surface area contributed by atoms with Gasteiger partial charge in [0.2, 0.25) is 23.6 Å². The van der Waals surface area contributed by atoms with Gasteiger partial charge in [0.15, 0.2) is 34.6 Å². The third-order valence-corrected chi connectivity index (χ3v) is 14.5. The van der Waals surface area contributed by atoms with E-state index in [-0.39, 0.29) is 156 Å². The molecule has 0 saturated carbocycles. The lowest BCUT2D eigenvalue weighted by atomic mass is 9.91. The summed E-state index contributed by atoms with van der Waals surface area (Å²) in [4.78, 5) is 115. The van der Waals surface area contributed by atoms with E-state index in [1.807, 2.05) is 0 Å². The van der Waals surface area contributed by atoms with Crippen molar-refractivity contribution in [2.24, 2.45) is 17.8 Å². The fourth-order valence-electron chi connectivity index (χ4n) is 9.35. The van der Waals surface area contributed by atoms with Gasteiger partial charge in [-0.05, 0) is 97.2 Å². The number of phenols is 5. The molecule has 0 aromatic heterocycles. The number of carbonyl (C=O) groups excluding carboxylic acids is 8. The van der Waals surface area contributed by atoms with E-state index < -0.39 is 60.2 Å². The second-order valence-electron chi connectivity index (χ2n) is 22.0. The van der Waals surface area contributed by atoms with Crippen molar-refractivity contribution in [2.75, 3.05) is 105 Å². The predicted octanol–water partition coefficient (Wildman–Crippen LogP) is 4.55. The summed E-state index contributed by atoms with van der Waals surface area (Å²) < 4.78 is 33.4. The summed E-state index contributed by atoms with van der Waals surface area (Å²) in [6.45, 7) is 3.00. The standard InChI is InChI=1S/C67H90N4O21/c72-54-15-9-48(10-16-54)39-52(66(85)71-46-58(76)44-53(38-47-6-2-1-3-7-47)67(86)70-45-57(75)18-22-64(82)83)43-56(74)23-26-87-28-30-89-32-34-91-36-37-92-35-33-90-31-29-88-27-25-69-65(84)51(42-55(73)17-11-49-12-19-59(77)61(79)40-49)8-4-5-24-68-63(81)21-14-50-13-20-60(78)62(80)41-50/h1-3,6-7,9-10,12-13,15-16,19-20,40-41,51-53,72,77-80H,4-5,8,11,14,17-18,21-39,42-46H2,(H,68,81)(H,69,84)(H,70,86)(H,71,85)(H,82,83)/t51-,52-,53-/m1/s1. The molecule has 0 bridgehead atoms. The van der Waals surface area contributed by atoms with Crippen LogP contribution in [0.4, 0.5) is 0 Å². The molecule has 25 heteroatoms. The number of carboxylic acid groups (broad SMARTS) is 1. The van der Waals surface area contributed by atoms with Crippen LogP contribution in [0, 0.1) is 17.8 Å². The first-order chi connectivity index (χ1) is 44.3. The summed E-state index contributed by atoms with van der Waals surface area (Å²) in [6, 6.07) is 23.9. The van der Waals surface area contributed by atoms with Crippen LogP contribution in [0.25, 0.3) is 0 Å². The molecule has 92 heavy (non-hydrogen) atoms. The maximum Gasteiger partial charge on any atom is 0.303 e. The molecule has 0 saturated heterocycles. The number of aromatic hydroxyl groups is 5. The first kappa shape index (κ1) is 76.1. The molecule has 10 N–H and O–H groups in total. The quantitative estimate of drug-likeness (QED) is 0.0214. The zero-order valence-electron chi connectivity index (χ0n) is 52.1. The number of amides is 4. The summed E-state index contributed by atoms with van der Waals surface area (Å²) in [5.74, 6) is -7.43. The Labute approximate surface area is 535 Å². The predicted molar refractivity (Wildman–Crippen MR) is 335 cm³/mol. The number of phenolic OH excluding ortho intramolecular Hbond substituents is 5. The molecule has 0 heterocycles. The number of nitrogens with one attached hydrogen (secondary N) is 4. The Balaban J connectivity index is 1.02. The number of carboxylic acids is 1. The Hall–Kier alpha value is -8.33. The van der Waals surface area contributed by atoms with Crippen molar-refractivity contribution in [2.45, 2.75) is 96.3 Å². The number of unbranched alkanes of at least 4 members (excludes halogenated alkanes) is 1. The monoisotopic (exact) mass is 1290 g/mol. The van der Waals surface area contributed by atoms with Crippen LogP contribution in [-0.4, -0.2) is 189 Å². The summed E-state index contributed by atoms with van der Waals surface area (Å²) >= 11 is 0. The highest BCUT2D eigenvalue weighted by Gasteiger charge is 2.27. The van der Waals surface area contributed by atoms with E-state index in [1.165, 1.54) is 36.4 Å². The molecule has 4 rings (SSSR count). The average molecular weight is 1290 g/mol. The number of hydrogen-bond acceptors (Lipinski definition) is 20. The molecule has 0 aliphatic carbocycles. The number of carbonyl (C=O) groups is 9. The molecule has 0 unspecified atom stereocenters. The highest BCUT2D eigenvalue weighted by Crippen LogP contribution is 2.27. The van der Waals surface area contributed by atoms with Crippen molar-refractivity contribution in [3.63, 3.8) is 0 Å². The van der Waals surface area contributed by atoms with E-state index in [0.29, 0.717) is 102 Å². The molecule has 4 aromatic rings. The van der Waals surface area contributed by atoms with Gasteiger partial charge in [0.25, 0.3) is 0 Å². The van der Waals surface area contributed by atoms with Gasteiger partial charge in [-0.15, -0.1) is 0 Å². The Bertz CT molecular complexity index is 2910. The SMILES string of the molecule is O=C(O)CCC(=O)CNC(=O)[C@@H](CC(=O)CNC(=O)[C@@H](CC(=O)CCOCCOCCOCCOCCOCCOCCNC(=O)[C@H](CCCCNC(=O)CCc1ccc(O)c(O)c1)CC(=O)CCc1ccc(O)c(O)c1)Cc1ccc(O)cc1)Cc1ccccc1. The van der Waals surface area contributed by atoms with Crippen LogP contribution in [0.2, 0.25) is 0 Å². The molecule has 504 valence electrons. The summed E-state index contributed by atoms with van der Waals surface area (Å²) in [6.07, 6.45) is 1.85. The van der Waals surface area contributed by atoms with Crippen molar-refractivity contribution in [3.05, 3.63) is 113 Å². The van der Waals surface area contributed by atoms with Crippen LogP contribution in [0.1, 0.15) is 92.9 Å². The minimum Gasteiger partial charge on any atom is -0.508 e. The highest BCUT2D eigenvalue weighted by atomic mass is 16.6. The van der Waals surface area contributed by atoms with E-state index in [9.17, 15) is 68.7 Å². The summed E-state index contributed by atoms with van der Waals surface area (Å²) in [7, 11) is 0. The van der Waals surface area contributed by atoms with Gasteiger partial charge in [-0.3, -0.25) is 43.2 Å². The van der Waals surface area contributed by atoms with Crippen LogP contribution in [0.5, 0.6) is 28.7 Å². The van der Waals surface area contributed by atoms with Crippen molar-refractivity contribution < 1.29 is 102 Å². The van der Waals surface area contributed by atoms with Gasteiger partial charge in [0.1, 0.15) is 17.3 Å². The number of aliphatic carboxylic acids is 1. The van der Waals surface area contributed by atoms with E-state index in [1.54, 1.807) is 54.6 Å². The van der Waals surface area contributed by atoms with E-state index >= 15 is 0 Å². The number of aryl methyl sites for hydroxylation is 2. The third kappa shape index (κ3) is 34.2. The van der Waals surface area contributed by atoms with Crippen LogP contribution >= 0.6 is 0 Å². The summed E-state index contributed by atoms with van der Waals surface area (Å²) in [5.41, 5.74) is 2.81. The molecule has 4 amide bonds. The van der Waals surface area contributed by atoms with E-state index in [4.69, 9.17) is 33.5 Å². The maximum absolute atomic E-state index is 13.5. The zero-order valence-corrected chi connectivity index (χ0v) is 52.1. The van der Waals surface area contributed by atoms with Gasteiger partial charge in [0, 0.05) is 75.8 Å². The van der Waals surface area contributed by atoms with Gasteiger partial charge >= 0.3 is 5.97 Å². The highest BCUT2D eigenvalue weighted by molar-refractivity contribution is 5.94. The van der Waals surface area contributed by atoms with Crippen LogP contribution in [0.3, 0.4) is 0 Å². The molecule has 4 aromatic carbocycles. The van der Waals surface area contributed by atoms with Crippen molar-refractivity contribution in [1.29, 1.82) is 0 Å². The topological polar surface area (TPSA) is 379 Å². The number of benzene rings is 4. The maximum atomic E-state index is 13.5. The Kier molecular flexibility index (Phi) is 37.3. The number of rotatable bonds is 52. The number of ketones is 4. The lowest BCUT2D eigenvalue weighted by molar-refractivity contribution is -0.138. The van der Waals surface area contributed by atoms with Crippen LogP contribution in [0.15, 0.2) is 91.0 Å². The molecule has 0 aliphatic heterocycles. The number of ether oxygens (including phenoxy) is 6. The van der Waals surface area contributed by atoms with Gasteiger partial charge in [-0.1, -0.05) is 61.0 Å². The molecule has 0 radical (unpaired) electrons. The first-order valence-corrected chi connectivity index (χ1v) is 31.0. The fourth-order valence-corrected chi connectivity index (χ4v) is 9.35. The van der Waals surface area contributed by atoms with Crippen molar-refractivity contribution >= 4 is 52.7 Å². The van der Waals surface area contributed by atoms with E-state index in [2.05, 4.69) is 21.3 Å². The third-order valence-electron chi connectivity index (χ3n) is 14.5. The van der Waals surface area contributed by atoms with Gasteiger partial charge in [-0.2, -0.15) is 0 Å². The molecule has 3 atom stereocenters. The fraction of sp³-hybridized carbons (Fsp3) is 0.507. The Morgan fingerprint density at radius 3 is 1.35 bits per heavy atom. The Morgan fingerprint density at radius 2 is 0.815 bits per heavy atom. The van der Waals surface area contributed by atoms with Crippen LogP contribution < -0.4 is 21.3 Å². The summed E-state index contributed by atoms with van der Waals surface area (Å²) in [5, 5.41) is 68.1. The lowest BCUT2D eigenvalue weighted by Gasteiger charge is -2.18. The van der Waals surface area contributed by atoms with Gasteiger partial charge in [-0.25, -0.2) is 0 Å². The minimum atomic E-state index is -1.14. The van der Waals surface area contributed by atoms with Crippen LogP contribution in [-0.2, 0) is 97.3 Å². The lowest BCUT2D eigenvalue weighted by Crippen LogP contribution is -2.40. The zero-order chi connectivity index (χ0) is 66.7. The molecule has 0 aliphatic rings. The van der Waals surface area contributed by atoms with Crippen molar-refractivity contribution in [3.8, 4) is 28.7 Å². The molecule has 25 nitrogen and oxygen atoms in total. The first-order valence-electron chi connectivity index (χ1n) is 31.0. The number of Topliss-reactive ketones (excluding diaryl/α,β-unsaturated/α-hetero) is 4. The molecule has 0 spiro atoms. The second-order valence-corrected chi connectivity index (χ2v) is 22.0. The second kappa shape index (κ2) is 45.0. The average Bonchev–Trinajstić information content (AvgIpc) is 3.74. The smallest absolute Gasteiger partial charge is 0.303 e.